The summed E-state index contributed by atoms with van der Waals surface area (Å²) in [7, 11) is 0. The van der Waals surface area contributed by atoms with Gasteiger partial charge in [0, 0.05) is 6.42 Å². The molecule has 0 aromatic carbocycles. The van der Waals surface area contributed by atoms with Gasteiger partial charge in [-0.3, -0.25) is 4.79 Å². The maximum absolute atomic E-state index is 11.3. The number of esters is 1. The van der Waals surface area contributed by atoms with Crippen LogP contribution in [-0.4, -0.2) is 18.3 Å². The van der Waals surface area contributed by atoms with Gasteiger partial charge >= 0.3 is 5.97 Å². The number of hydrogen-bond acceptors (Lipinski definition) is 3. The Kier molecular flexibility index (Phi) is 5.83. The lowest BCUT2D eigenvalue weighted by Gasteiger charge is -1.97. The average molecular weight is 182 g/mol. The second-order valence-electron chi connectivity index (χ2n) is 1.66. The lowest BCUT2D eigenvalue weighted by Crippen LogP contribution is -2.06. The van der Waals surface area contributed by atoms with Crippen molar-refractivity contribution in [2.45, 2.75) is 6.42 Å². The first-order valence-corrected chi connectivity index (χ1v) is 3.57. The van der Waals surface area contributed by atoms with Crippen molar-refractivity contribution in [3.8, 4) is 0 Å². The van der Waals surface area contributed by atoms with E-state index in [0.29, 0.717) is 6.08 Å². The summed E-state index contributed by atoms with van der Waals surface area (Å²) in [4.78, 5) is 10.3. The standard InChI is InChI=1S/C6H8F2O2S/c7-5(8)2-1-3-10-6(9)4-11/h2,11H,1,3-4H2. The molecule has 0 radical (unpaired) electrons. The summed E-state index contributed by atoms with van der Waals surface area (Å²) >= 11 is 3.62. The van der Waals surface area contributed by atoms with Gasteiger partial charge in [0.25, 0.3) is 6.08 Å². The molecule has 0 saturated carbocycles. The lowest BCUT2D eigenvalue weighted by atomic mass is 10.4. The monoisotopic (exact) mass is 182 g/mol. The van der Waals surface area contributed by atoms with Crippen molar-refractivity contribution in [3.63, 3.8) is 0 Å². The maximum atomic E-state index is 11.3. The van der Waals surface area contributed by atoms with Crippen LogP contribution in [0.1, 0.15) is 6.42 Å². The van der Waals surface area contributed by atoms with Crippen LogP contribution in [0.5, 0.6) is 0 Å². The minimum absolute atomic E-state index is 0.0171. The van der Waals surface area contributed by atoms with Crippen LogP contribution >= 0.6 is 12.6 Å². The van der Waals surface area contributed by atoms with Crippen LogP contribution in [0, 0.1) is 0 Å². The molecule has 0 aliphatic carbocycles. The molecule has 0 atom stereocenters. The highest BCUT2D eigenvalue weighted by Gasteiger charge is 1.96. The highest BCUT2D eigenvalue weighted by molar-refractivity contribution is 7.81. The van der Waals surface area contributed by atoms with Crippen LogP contribution in [0.4, 0.5) is 8.78 Å². The number of carbonyl (C=O) groups is 1. The van der Waals surface area contributed by atoms with Crippen LogP contribution in [0.25, 0.3) is 0 Å². The van der Waals surface area contributed by atoms with E-state index in [1.54, 1.807) is 0 Å². The molecule has 0 rings (SSSR count). The Balaban J connectivity index is 3.28. The third kappa shape index (κ3) is 7.32. The quantitative estimate of drug-likeness (QED) is 0.406. The Hall–Kier alpha value is -0.580. The van der Waals surface area contributed by atoms with Crippen LogP contribution < -0.4 is 0 Å². The molecule has 0 spiro atoms. The fourth-order valence-electron chi connectivity index (χ4n) is 0.386. The predicted octanol–water partition coefficient (Wildman–Crippen LogP) is 1.63. The van der Waals surface area contributed by atoms with Crippen LogP contribution in [0.3, 0.4) is 0 Å². The Labute approximate surface area is 68.6 Å². The summed E-state index contributed by atoms with van der Waals surface area (Å²) in [6, 6.07) is 0. The molecule has 11 heavy (non-hydrogen) atoms. The van der Waals surface area contributed by atoms with Crippen molar-refractivity contribution in [3.05, 3.63) is 12.2 Å². The smallest absolute Gasteiger partial charge is 0.315 e. The van der Waals surface area contributed by atoms with Crippen molar-refractivity contribution in [1.82, 2.24) is 0 Å². The summed E-state index contributed by atoms with van der Waals surface area (Å²) in [6.07, 6.45) is -1.01. The van der Waals surface area contributed by atoms with Gasteiger partial charge in [-0.2, -0.15) is 21.4 Å². The van der Waals surface area contributed by atoms with E-state index < -0.39 is 12.0 Å². The van der Waals surface area contributed by atoms with E-state index in [1.807, 2.05) is 0 Å². The fourth-order valence-corrected chi connectivity index (χ4v) is 0.478. The lowest BCUT2D eigenvalue weighted by molar-refractivity contribution is -0.140. The molecular weight excluding hydrogens is 174 g/mol. The van der Waals surface area contributed by atoms with Crippen LogP contribution in [0.2, 0.25) is 0 Å². The zero-order valence-corrected chi connectivity index (χ0v) is 6.61. The zero-order chi connectivity index (χ0) is 8.69. The first kappa shape index (κ1) is 10.4. The summed E-state index contributed by atoms with van der Waals surface area (Å²) in [6.45, 7) is -0.0171. The normalized spacial score (nSPS) is 9.00. The van der Waals surface area contributed by atoms with Crippen molar-refractivity contribution < 1.29 is 18.3 Å². The van der Waals surface area contributed by atoms with Gasteiger partial charge in [0.05, 0.1) is 12.4 Å². The molecule has 64 valence electrons. The SMILES string of the molecule is O=C(CS)OCCC=C(F)F. The molecule has 0 aliphatic heterocycles. The van der Waals surface area contributed by atoms with E-state index in [0.717, 1.165) is 0 Å². The Morgan fingerprint density at radius 3 is 2.64 bits per heavy atom. The summed E-state index contributed by atoms with van der Waals surface area (Å²) in [5.41, 5.74) is 0. The molecule has 0 N–H and O–H groups in total. The van der Waals surface area contributed by atoms with Crippen molar-refractivity contribution in [2.75, 3.05) is 12.4 Å². The number of hydrogen-bond donors (Lipinski definition) is 1. The zero-order valence-electron chi connectivity index (χ0n) is 5.72. The molecule has 0 heterocycles. The third-order valence-corrected chi connectivity index (χ3v) is 1.07. The topological polar surface area (TPSA) is 26.3 Å². The van der Waals surface area contributed by atoms with Crippen molar-refractivity contribution >= 4 is 18.6 Å². The molecule has 2 nitrogen and oxygen atoms in total. The number of carbonyl (C=O) groups excluding carboxylic acids is 1. The number of halogens is 2. The molecular formula is C6H8F2O2S. The summed E-state index contributed by atoms with van der Waals surface area (Å²) < 4.78 is 27.1. The first-order valence-electron chi connectivity index (χ1n) is 2.94. The molecule has 0 fully saturated rings. The van der Waals surface area contributed by atoms with Crippen LogP contribution in [-0.2, 0) is 9.53 Å². The molecule has 0 aromatic rings. The third-order valence-electron chi connectivity index (χ3n) is 0.809. The number of ether oxygens (including phenoxy) is 1. The summed E-state index contributed by atoms with van der Waals surface area (Å²) in [5, 5.41) is 0. The van der Waals surface area contributed by atoms with Gasteiger partial charge < -0.3 is 4.74 Å². The minimum atomic E-state index is -1.76. The Morgan fingerprint density at radius 2 is 2.18 bits per heavy atom. The maximum Gasteiger partial charge on any atom is 0.315 e. The Morgan fingerprint density at radius 1 is 1.55 bits per heavy atom. The predicted molar refractivity (Wildman–Crippen MR) is 39.7 cm³/mol. The van der Waals surface area contributed by atoms with Gasteiger partial charge in [-0.1, -0.05) is 0 Å². The van der Waals surface area contributed by atoms with E-state index >= 15 is 0 Å². The average Bonchev–Trinajstić information content (AvgIpc) is 1.97. The number of rotatable bonds is 4. The van der Waals surface area contributed by atoms with Gasteiger partial charge in [-0.05, 0) is 6.08 Å². The Bertz CT molecular complexity index is 155. The van der Waals surface area contributed by atoms with Gasteiger partial charge in [0.2, 0.25) is 0 Å². The van der Waals surface area contributed by atoms with E-state index in [2.05, 4.69) is 17.4 Å². The molecule has 0 aliphatic rings. The van der Waals surface area contributed by atoms with Gasteiger partial charge in [-0.15, -0.1) is 0 Å². The second kappa shape index (κ2) is 6.15. The minimum Gasteiger partial charge on any atom is -0.465 e. The molecule has 0 unspecified atom stereocenters. The first-order chi connectivity index (χ1) is 5.16. The largest absolute Gasteiger partial charge is 0.465 e. The molecule has 0 bridgehead atoms. The molecule has 0 saturated heterocycles. The molecule has 0 amide bonds. The van der Waals surface area contributed by atoms with Crippen molar-refractivity contribution in [2.24, 2.45) is 0 Å². The second-order valence-corrected chi connectivity index (χ2v) is 1.98. The van der Waals surface area contributed by atoms with Crippen molar-refractivity contribution in [1.29, 1.82) is 0 Å². The molecule has 0 aromatic heterocycles. The highest BCUT2D eigenvalue weighted by Crippen LogP contribution is 1.98. The van der Waals surface area contributed by atoms with E-state index in [-0.39, 0.29) is 18.8 Å². The number of thiol groups is 1. The van der Waals surface area contributed by atoms with Gasteiger partial charge in [0.15, 0.2) is 0 Å². The highest BCUT2D eigenvalue weighted by atomic mass is 32.1. The fraction of sp³-hybridized carbons (Fsp3) is 0.500. The van der Waals surface area contributed by atoms with E-state index in [4.69, 9.17) is 0 Å². The van der Waals surface area contributed by atoms with Gasteiger partial charge in [0.1, 0.15) is 0 Å². The summed E-state index contributed by atoms with van der Waals surface area (Å²) in [5.74, 6) is -0.525. The van der Waals surface area contributed by atoms with Gasteiger partial charge in [-0.25, -0.2) is 0 Å². The van der Waals surface area contributed by atoms with E-state index in [9.17, 15) is 13.6 Å². The van der Waals surface area contributed by atoms with Crippen LogP contribution in [0.15, 0.2) is 12.2 Å². The molecule has 5 heteroatoms. The van der Waals surface area contributed by atoms with E-state index in [1.165, 1.54) is 0 Å².